The van der Waals surface area contributed by atoms with Crippen LogP contribution >= 0.6 is 0 Å². The van der Waals surface area contributed by atoms with Crippen LogP contribution in [0.4, 0.5) is 0 Å². The maximum Gasteiger partial charge on any atom is 0.223 e. The Morgan fingerprint density at radius 1 is 1.38 bits per heavy atom. The van der Waals surface area contributed by atoms with Crippen LogP contribution in [0.15, 0.2) is 18.2 Å². The number of carbonyl (C=O) groups excluding carboxylic acids is 1. The molecule has 1 N–H and O–H groups in total. The summed E-state index contributed by atoms with van der Waals surface area (Å²) >= 11 is 0. The molecule has 0 radical (unpaired) electrons. The van der Waals surface area contributed by atoms with Gasteiger partial charge in [0.2, 0.25) is 5.91 Å². The summed E-state index contributed by atoms with van der Waals surface area (Å²) in [6.07, 6.45) is 11.4. The average molecular weight is 329 g/mol. The molecular formula is C20H27NO3. The Hall–Kier alpha value is -2.15. The number of amides is 1. The van der Waals surface area contributed by atoms with Gasteiger partial charge in [0.05, 0.1) is 7.11 Å². The molecule has 1 aliphatic carbocycles. The highest BCUT2D eigenvalue weighted by molar-refractivity contribution is 5.78. The molecule has 1 amide bonds. The van der Waals surface area contributed by atoms with Crippen molar-refractivity contribution in [2.45, 2.75) is 45.6 Å². The van der Waals surface area contributed by atoms with E-state index in [-0.39, 0.29) is 18.4 Å². The summed E-state index contributed by atoms with van der Waals surface area (Å²) in [4.78, 5) is 12.3. The summed E-state index contributed by atoms with van der Waals surface area (Å²) in [7, 11) is 1.59. The van der Waals surface area contributed by atoms with Crippen molar-refractivity contribution in [3.05, 3.63) is 23.8 Å². The van der Waals surface area contributed by atoms with Crippen LogP contribution in [0.1, 0.15) is 44.6 Å². The van der Waals surface area contributed by atoms with Gasteiger partial charge in [0.25, 0.3) is 0 Å². The van der Waals surface area contributed by atoms with E-state index in [0.29, 0.717) is 18.0 Å². The topological polar surface area (TPSA) is 47.6 Å². The van der Waals surface area contributed by atoms with Gasteiger partial charge in [-0.3, -0.25) is 4.79 Å². The minimum absolute atomic E-state index is 0.0588. The number of rotatable bonds is 8. The molecule has 1 saturated carbocycles. The summed E-state index contributed by atoms with van der Waals surface area (Å²) in [6.45, 7) is 2.68. The second-order valence-electron chi connectivity index (χ2n) is 6.48. The molecular weight excluding hydrogens is 302 g/mol. The summed E-state index contributed by atoms with van der Waals surface area (Å²) in [5.74, 6) is 4.56. The predicted octanol–water partition coefficient (Wildman–Crippen LogP) is 3.54. The lowest BCUT2D eigenvalue weighted by Crippen LogP contribution is -2.29. The molecule has 2 rings (SSSR count). The number of ether oxygens (including phenoxy) is 2. The predicted molar refractivity (Wildman–Crippen MR) is 94.9 cm³/mol. The largest absolute Gasteiger partial charge is 0.493 e. The lowest BCUT2D eigenvalue weighted by Gasteiger charge is -2.16. The van der Waals surface area contributed by atoms with Crippen molar-refractivity contribution in [3.8, 4) is 23.8 Å². The van der Waals surface area contributed by atoms with Crippen LogP contribution in [-0.4, -0.2) is 19.6 Å². The van der Waals surface area contributed by atoms with Gasteiger partial charge in [0, 0.05) is 12.5 Å². The van der Waals surface area contributed by atoms with E-state index in [0.717, 1.165) is 17.9 Å². The molecule has 0 aliphatic heterocycles. The standard InChI is InChI=1S/C20H27NO3/c1-4-11-24-19-13-17(9-10-18(19)23-3)14-21-20(22)15(2)12-16-7-5-6-8-16/h1,9-10,13,15-16H,5-8,11-12,14H2,2-3H3,(H,21,22). The maximum atomic E-state index is 12.3. The first-order chi connectivity index (χ1) is 11.6. The van der Waals surface area contributed by atoms with Gasteiger partial charge >= 0.3 is 0 Å². The van der Waals surface area contributed by atoms with Gasteiger partial charge in [-0.15, -0.1) is 6.42 Å². The highest BCUT2D eigenvalue weighted by atomic mass is 16.5. The van der Waals surface area contributed by atoms with Gasteiger partial charge in [-0.2, -0.15) is 0 Å². The van der Waals surface area contributed by atoms with Crippen LogP contribution in [0.5, 0.6) is 11.5 Å². The fourth-order valence-electron chi connectivity index (χ4n) is 3.28. The van der Waals surface area contributed by atoms with E-state index < -0.39 is 0 Å². The normalized spacial score (nSPS) is 15.5. The second-order valence-corrected chi connectivity index (χ2v) is 6.48. The first-order valence-corrected chi connectivity index (χ1v) is 8.65. The van der Waals surface area contributed by atoms with Crippen LogP contribution in [0.25, 0.3) is 0 Å². The first-order valence-electron chi connectivity index (χ1n) is 8.65. The number of methoxy groups -OCH3 is 1. The summed E-state index contributed by atoms with van der Waals surface area (Å²) in [5.41, 5.74) is 0.962. The molecule has 1 fully saturated rings. The van der Waals surface area contributed by atoms with Gasteiger partial charge in [-0.25, -0.2) is 0 Å². The smallest absolute Gasteiger partial charge is 0.223 e. The Bertz CT molecular complexity index is 585. The number of nitrogens with one attached hydrogen (secondary N) is 1. The third-order valence-corrected chi connectivity index (χ3v) is 4.62. The van der Waals surface area contributed by atoms with Gasteiger partial charge < -0.3 is 14.8 Å². The summed E-state index contributed by atoms with van der Waals surface area (Å²) in [5, 5.41) is 3.02. The van der Waals surface area contributed by atoms with Crippen molar-refractivity contribution in [1.82, 2.24) is 5.32 Å². The van der Waals surface area contributed by atoms with Crippen molar-refractivity contribution in [2.75, 3.05) is 13.7 Å². The summed E-state index contributed by atoms with van der Waals surface area (Å²) < 4.78 is 10.7. The monoisotopic (exact) mass is 329 g/mol. The summed E-state index contributed by atoms with van der Waals surface area (Å²) in [6, 6.07) is 5.61. The number of terminal acetylenes is 1. The lowest BCUT2D eigenvalue weighted by molar-refractivity contribution is -0.125. The molecule has 4 heteroatoms. The van der Waals surface area contributed by atoms with Gasteiger partial charge in [-0.1, -0.05) is 44.6 Å². The van der Waals surface area contributed by atoms with Crippen LogP contribution in [0.3, 0.4) is 0 Å². The van der Waals surface area contributed by atoms with Gasteiger partial charge in [0.15, 0.2) is 11.5 Å². The molecule has 1 atom stereocenters. The van der Waals surface area contributed by atoms with Crippen LogP contribution in [-0.2, 0) is 11.3 Å². The highest BCUT2D eigenvalue weighted by Gasteiger charge is 2.21. The molecule has 1 aromatic rings. The highest BCUT2D eigenvalue weighted by Crippen LogP contribution is 2.30. The SMILES string of the molecule is C#CCOc1cc(CNC(=O)C(C)CC2CCCC2)ccc1OC. The van der Waals surface area contributed by atoms with E-state index in [1.54, 1.807) is 7.11 Å². The van der Waals surface area contributed by atoms with E-state index in [1.165, 1.54) is 25.7 Å². The maximum absolute atomic E-state index is 12.3. The molecule has 0 heterocycles. The van der Waals surface area contributed by atoms with Gasteiger partial charge in [-0.05, 0) is 30.0 Å². The van der Waals surface area contributed by atoms with Gasteiger partial charge in [0.1, 0.15) is 6.61 Å². The minimum atomic E-state index is 0.0588. The molecule has 24 heavy (non-hydrogen) atoms. The molecule has 0 aromatic heterocycles. The third kappa shape index (κ3) is 5.19. The number of hydrogen-bond donors (Lipinski definition) is 1. The van der Waals surface area contributed by atoms with Crippen LogP contribution in [0.2, 0.25) is 0 Å². The van der Waals surface area contributed by atoms with Crippen LogP contribution in [0, 0.1) is 24.2 Å². The lowest BCUT2D eigenvalue weighted by atomic mass is 9.94. The average Bonchev–Trinajstić information content (AvgIpc) is 3.10. The van der Waals surface area contributed by atoms with Crippen LogP contribution < -0.4 is 14.8 Å². The molecule has 0 spiro atoms. The Morgan fingerprint density at radius 3 is 2.79 bits per heavy atom. The zero-order valence-corrected chi connectivity index (χ0v) is 14.6. The number of benzene rings is 1. The fraction of sp³-hybridized carbons (Fsp3) is 0.550. The number of carbonyl (C=O) groups is 1. The van der Waals surface area contributed by atoms with Crippen molar-refractivity contribution in [2.24, 2.45) is 11.8 Å². The van der Waals surface area contributed by atoms with E-state index in [1.807, 2.05) is 25.1 Å². The van der Waals surface area contributed by atoms with E-state index in [9.17, 15) is 4.79 Å². The third-order valence-electron chi connectivity index (χ3n) is 4.62. The molecule has 1 unspecified atom stereocenters. The van der Waals surface area contributed by atoms with E-state index >= 15 is 0 Å². The van der Waals surface area contributed by atoms with E-state index in [4.69, 9.17) is 15.9 Å². The molecule has 0 saturated heterocycles. The molecule has 0 bridgehead atoms. The molecule has 1 aromatic carbocycles. The van der Waals surface area contributed by atoms with Crippen molar-refractivity contribution >= 4 is 5.91 Å². The zero-order chi connectivity index (χ0) is 17.4. The minimum Gasteiger partial charge on any atom is -0.493 e. The molecule has 1 aliphatic rings. The zero-order valence-electron chi connectivity index (χ0n) is 14.6. The Kier molecular flexibility index (Phi) is 6.99. The Balaban J connectivity index is 1.88. The van der Waals surface area contributed by atoms with Crippen molar-refractivity contribution in [3.63, 3.8) is 0 Å². The van der Waals surface area contributed by atoms with Crippen molar-refractivity contribution < 1.29 is 14.3 Å². The quantitative estimate of drug-likeness (QED) is 0.742. The second kappa shape index (κ2) is 9.22. The van der Waals surface area contributed by atoms with Crippen molar-refractivity contribution in [1.29, 1.82) is 0 Å². The molecule has 130 valence electrons. The number of hydrogen-bond acceptors (Lipinski definition) is 3. The Labute approximate surface area is 144 Å². The Morgan fingerprint density at radius 2 is 2.12 bits per heavy atom. The first kappa shape index (κ1) is 18.2. The molecule has 4 nitrogen and oxygen atoms in total. The van der Waals surface area contributed by atoms with E-state index in [2.05, 4.69) is 11.2 Å². The fourth-order valence-corrected chi connectivity index (χ4v) is 3.28.